The van der Waals surface area contributed by atoms with Crippen LogP contribution in [0.3, 0.4) is 0 Å². The highest BCUT2D eigenvalue weighted by Gasteiger charge is 2.15. The first kappa shape index (κ1) is 22.3. The van der Waals surface area contributed by atoms with Gasteiger partial charge in [0.2, 0.25) is 0 Å². The quantitative estimate of drug-likeness (QED) is 0.338. The van der Waals surface area contributed by atoms with E-state index in [0.29, 0.717) is 17.0 Å². The van der Waals surface area contributed by atoms with Crippen LogP contribution >= 0.6 is 27.7 Å². The summed E-state index contributed by atoms with van der Waals surface area (Å²) < 4.78 is 0.859. The van der Waals surface area contributed by atoms with Gasteiger partial charge in [0.1, 0.15) is 5.70 Å². The molecular formula is C24H18BrN3O2S. The van der Waals surface area contributed by atoms with Crippen LogP contribution < -0.4 is 10.6 Å². The van der Waals surface area contributed by atoms with Crippen molar-refractivity contribution in [2.24, 2.45) is 0 Å². The van der Waals surface area contributed by atoms with Gasteiger partial charge < -0.3 is 10.6 Å². The smallest absolute Gasteiger partial charge is 0.272 e. The number of thioether (sulfide) groups is 1. The number of nitrogens with zero attached hydrogens (tertiary/aromatic N) is 1. The van der Waals surface area contributed by atoms with E-state index in [-0.39, 0.29) is 11.6 Å². The van der Waals surface area contributed by atoms with Crippen LogP contribution in [-0.2, 0) is 4.79 Å². The van der Waals surface area contributed by atoms with Crippen molar-refractivity contribution in [1.82, 2.24) is 5.32 Å². The van der Waals surface area contributed by atoms with Crippen LogP contribution in [0.25, 0.3) is 6.08 Å². The van der Waals surface area contributed by atoms with Crippen molar-refractivity contribution in [2.45, 2.75) is 4.90 Å². The molecule has 0 radical (unpaired) electrons. The summed E-state index contributed by atoms with van der Waals surface area (Å²) in [6, 6.07) is 25.4. The van der Waals surface area contributed by atoms with E-state index >= 15 is 0 Å². The molecular weight excluding hydrogens is 474 g/mol. The van der Waals surface area contributed by atoms with E-state index in [9.17, 15) is 9.59 Å². The molecule has 3 aromatic carbocycles. The predicted octanol–water partition coefficient (Wildman–Crippen LogP) is 5.47. The lowest BCUT2D eigenvalue weighted by Gasteiger charge is -2.12. The van der Waals surface area contributed by atoms with Crippen molar-refractivity contribution < 1.29 is 9.59 Å². The fourth-order valence-corrected chi connectivity index (χ4v) is 3.72. The highest BCUT2D eigenvalue weighted by atomic mass is 79.9. The zero-order valence-corrected chi connectivity index (χ0v) is 18.7. The summed E-state index contributed by atoms with van der Waals surface area (Å²) in [7, 11) is 0. The van der Waals surface area contributed by atoms with Gasteiger partial charge in [-0.15, -0.1) is 11.8 Å². The first-order valence-electron chi connectivity index (χ1n) is 9.30. The number of rotatable bonds is 7. The minimum atomic E-state index is -0.452. The molecule has 0 saturated carbocycles. The van der Waals surface area contributed by atoms with E-state index in [2.05, 4.69) is 32.6 Å². The highest BCUT2D eigenvalue weighted by Crippen LogP contribution is 2.22. The number of anilines is 1. The molecule has 2 N–H and O–H groups in total. The average Bonchev–Trinajstić information content (AvgIpc) is 2.78. The van der Waals surface area contributed by atoms with Crippen molar-refractivity contribution in [3.8, 4) is 6.07 Å². The molecule has 0 heterocycles. The molecule has 0 unspecified atom stereocenters. The van der Waals surface area contributed by atoms with Crippen LogP contribution in [0.1, 0.15) is 15.9 Å². The number of carbonyl (C=O) groups is 2. The van der Waals surface area contributed by atoms with Gasteiger partial charge in [-0.1, -0.05) is 52.3 Å². The van der Waals surface area contributed by atoms with Gasteiger partial charge in [-0.3, -0.25) is 9.59 Å². The maximum atomic E-state index is 13.0. The maximum Gasteiger partial charge on any atom is 0.272 e. The van der Waals surface area contributed by atoms with E-state index < -0.39 is 5.91 Å². The van der Waals surface area contributed by atoms with E-state index in [1.54, 1.807) is 48.5 Å². The second-order valence-corrected chi connectivity index (χ2v) is 8.33. The summed E-state index contributed by atoms with van der Waals surface area (Å²) in [5, 5.41) is 14.3. The van der Waals surface area contributed by atoms with E-state index in [1.165, 1.54) is 11.8 Å². The first-order chi connectivity index (χ1) is 15.0. The number of benzene rings is 3. The molecule has 3 aromatic rings. The summed E-state index contributed by atoms with van der Waals surface area (Å²) in [6.07, 6.45) is 1.62. The van der Waals surface area contributed by atoms with Gasteiger partial charge >= 0.3 is 0 Å². The van der Waals surface area contributed by atoms with Crippen molar-refractivity contribution in [3.05, 3.63) is 100 Å². The van der Waals surface area contributed by atoms with Crippen LogP contribution in [0.4, 0.5) is 5.69 Å². The fourth-order valence-electron chi connectivity index (χ4n) is 2.68. The molecule has 3 rings (SSSR count). The molecule has 0 fully saturated rings. The summed E-state index contributed by atoms with van der Waals surface area (Å²) in [6.45, 7) is 0. The normalized spacial score (nSPS) is 10.8. The predicted molar refractivity (Wildman–Crippen MR) is 127 cm³/mol. The third-order valence-corrected chi connectivity index (χ3v) is 5.44. The number of hydrogen-bond donors (Lipinski definition) is 2. The monoisotopic (exact) mass is 491 g/mol. The Labute approximate surface area is 193 Å². The number of amides is 2. The first-order valence-corrected chi connectivity index (χ1v) is 11.1. The van der Waals surface area contributed by atoms with Crippen molar-refractivity contribution in [1.29, 1.82) is 5.26 Å². The van der Waals surface area contributed by atoms with Gasteiger partial charge in [-0.2, -0.15) is 5.26 Å². The molecule has 0 aliphatic heterocycles. The number of halogens is 1. The Morgan fingerprint density at radius 2 is 1.77 bits per heavy atom. The Hall–Kier alpha value is -3.34. The van der Waals surface area contributed by atoms with Crippen molar-refractivity contribution >= 4 is 51.3 Å². The third kappa shape index (κ3) is 6.85. The second kappa shape index (κ2) is 11.2. The second-order valence-electron chi connectivity index (χ2n) is 6.36. The van der Waals surface area contributed by atoms with Gasteiger partial charge in [0, 0.05) is 20.6 Å². The Kier molecular flexibility index (Phi) is 8.05. The average molecular weight is 492 g/mol. The Morgan fingerprint density at radius 3 is 2.52 bits per heavy atom. The minimum Gasteiger partial charge on any atom is -0.321 e. The number of hydrogen-bond acceptors (Lipinski definition) is 4. The highest BCUT2D eigenvalue weighted by molar-refractivity contribution is 9.10. The molecule has 0 spiro atoms. The molecule has 0 aromatic heterocycles. The van der Waals surface area contributed by atoms with Gasteiger partial charge in [-0.05, 0) is 54.1 Å². The van der Waals surface area contributed by atoms with Crippen LogP contribution in [0.2, 0.25) is 0 Å². The largest absolute Gasteiger partial charge is 0.321 e. The molecule has 0 bridgehead atoms. The minimum absolute atomic E-state index is 0.113. The Balaban J connectivity index is 1.86. The molecule has 0 saturated heterocycles. The number of nitriles is 1. The van der Waals surface area contributed by atoms with Gasteiger partial charge in [0.05, 0.1) is 11.8 Å². The van der Waals surface area contributed by atoms with Crippen LogP contribution in [0.5, 0.6) is 0 Å². The maximum absolute atomic E-state index is 13.0. The summed E-state index contributed by atoms with van der Waals surface area (Å²) in [4.78, 5) is 26.6. The van der Waals surface area contributed by atoms with E-state index in [1.807, 2.05) is 36.4 Å². The molecule has 0 atom stereocenters. The van der Waals surface area contributed by atoms with Gasteiger partial charge in [-0.25, -0.2) is 0 Å². The zero-order chi connectivity index (χ0) is 22.1. The number of nitrogens with one attached hydrogen (secondary N) is 2. The van der Waals surface area contributed by atoms with Gasteiger partial charge in [0.15, 0.2) is 0 Å². The van der Waals surface area contributed by atoms with Crippen molar-refractivity contribution in [2.75, 3.05) is 11.1 Å². The van der Waals surface area contributed by atoms with E-state index in [4.69, 9.17) is 5.26 Å². The van der Waals surface area contributed by atoms with Gasteiger partial charge in [0.25, 0.3) is 11.8 Å². The Bertz CT molecular complexity index is 1160. The van der Waals surface area contributed by atoms with E-state index in [0.717, 1.165) is 14.9 Å². The zero-order valence-electron chi connectivity index (χ0n) is 16.3. The molecule has 31 heavy (non-hydrogen) atoms. The molecule has 5 nitrogen and oxygen atoms in total. The standard InChI is InChI=1S/C24H18BrN3O2S/c25-19-9-4-6-17(14-19)15-22(28-23(29)18-7-2-1-3-8-18)24(30)27-20-10-5-11-21(16-20)31-13-12-26/h1-11,14-16H,13H2,(H,27,30)(H,28,29)/b22-15+. The lowest BCUT2D eigenvalue weighted by Crippen LogP contribution is -2.30. The van der Waals surface area contributed by atoms with Crippen LogP contribution in [0.15, 0.2) is 93.9 Å². The topological polar surface area (TPSA) is 82.0 Å². The summed E-state index contributed by atoms with van der Waals surface area (Å²) >= 11 is 4.80. The number of carbonyl (C=O) groups excluding carboxylic acids is 2. The lowest BCUT2D eigenvalue weighted by molar-refractivity contribution is -0.113. The molecule has 0 aliphatic rings. The van der Waals surface area contributed by atoms with Crippen LogP contribution in [-0.4, -0.2) is 17.6 Å². The lowest BCUT2D eigenvalue weighted by atomic mass is 10.1. The summed E-state index contributed by atoms with van der Waals surface area (Å²) in [5.74, 6) is -0.513. The molecule has 7 heteroatoms. The third-order valence-electron chi connectivity index (χ3n) is 4.08. The Morgan fingerprint density at radius 1 is 1.00 bits per heavy atom. The van der Waals surface area contributed by atoms with Crippen molar-refractivity contribution in [3.63, 3.8) is 0 Å². The summed E-state index contributed by atoms with van der Waals surface area (Å²) in [5.41, 5.74) is 1.89. The molecule has 154 valence electrons. The SMILES string of the molecule is N#CCSc1cccc(NC(=O)/C(=C\c2cccc(Br)c2)NC(=O)c2ccccc2)c1. The molecule has 2 amide bonds. The molecule has 0 aliphatic carbocycles. The fraction of sp³-hybridized carbons (Fsp3) is 0.0417. The van der Waals surface area contributed by atoms with Crippen LogP contribution in [0, 0.1) is 11.3 Å².